The van der Waals surface area contributed by atoms with Gasteiger partial charge in [-0.3, -0.25) is 4.79 Å². The third kappa shape index (κ3) is 6.62. The van der Waals surface area contributed by atoms with Crippen molar-refractivity contribution in [3.63, 3.8) is 0 Å². The second-order valence-corrected chi connectivity index (χ2v) is 11.1. The summed E-state index contributed by atoms with van der Waals surface area (Å²) in [6, 6.07) is 21.7. The highest BCUT2D eigenvalue weighted by Crippen LogP contribution is 2.19. The number of aryl methyl sites for hydroxylation is 1. The van der Waals surface area contributed by atoms with Crippen LogP contribution in [0.15, 0.2) is 82.8 Å². The van der Waals surface area contributed by atoms with Crippen LogP contribution in [-0.2, 0) is 21.3 Å². The lowest BCUT2D eigenvalue weighted by Crippen LogP contribution is -2.36. The Morgan fingerprint density at radius 2 is 1.54 bits per heavy atom. The number of ether oxygens (including phenoxy) is 1. The van der Waals surface area contributed by atoms with Crippen LogP contribution in [0.3, 0.4) is 0 Å². The summed E-state index contributed by atoms with van der Waals surface area (Å²) in [4.78, 5) is 15.1. The molecule has 0 spiro atoms. The van der Waals surface area contributed by atoms with Crippen molar-refractivity contribution in [3.05, 3.63) is 95.1 Å². The van der Waals surface area contributed by atoms with Crippen molar-refractivity contribution in [2.75, 3.05) is 38.3 Å². The van der Waals surface area contributed by atoms with Gasteiger partial charge in [0.15, 0.2) is 0 Å². The molecule has 37 heavy (non-hydrogen) atoms. The van der Waals surface area contributed by atoms with Crippen molar-refractivity contribution in [3.8, 4) is 0 Å². The fourth-order valence-corrected chi connectivity index (χ4v) is 5.15. The van der Waals surface area contributed by atoms with Gasteiger partial charge in [0.2, 0.25) is 10.0 Å². The van der Waals surface area contributed by atoms with Crippen LogP contribution < -0.4 is 10.3 Å². The number of benzene rings is 3. The van der Waals surface area contributed by atoms with E-state index in [1.54, 1.807) is 55.6 Å². The largest absolute Gasteiger partial charge is 0.378 e. The molecule has 1 fully saturated rings. The highest BCUT2D eigenvalue weighted by molar-refractivity contribution is 7.89. The van der Waals surface area contributed by atoms with Gasteiger partial charge in [-0.15, -0.1) is 0 Å². The fraction of sp³-hybridized carbons (Fsp3) is 0.286. The Bertz CT molecular complexity index is 1350. The molecule has 9 heteroatoms. The molecule has 194 valence electrons. The van der Waals surface area contributed by atoms with E-state index in [0.717, 1.165) is 48.7 Å². The molecule has 1 N–H and O–H groups in total. The van der Waals surface area contributed by atoms with E-state index in [2.05, 4.69) is 27.6 Å². The molecule has 3 aromatic rings. The first-order valence-electron chi connectivity index (χ1n) is 12.1. The smallest absolute Gasteiger partial charge is 0.271 e. The average Bonchev–Trinajstić information content (AvgIpc) is 2.92. The summed E-state index contributed by atoms with van der Waals surface area (Å²) in [5, 5.41) is 4.25. The number of hydrogen-bond donors (Lipinski definition) is 1. The number of hydrogen-bond acceptors (Lipinski definition) is 6. The Balaban J connectivity index is 1.34. The zero-order valence-corrected chi connectivity index (χ0v) is 22.2. The Labute approximate surface area is 218 Å². The van der Waals surface area contributed by atoms with E-state index < -0.39 is 10.0 Å². The first-order chi connectivity index (χ1) is 17.7. The lowest BCUT2D eigenvalue weighted by atomic mass is 10.1. The second kappa shape index (κ2) is 11.7. The molecule has 3 aromatic carbocycles. The molecule has 0 radical (unpaired) electrons. The van der Waals surface area contributed by atoms with Crippen molar-refractivity contribution >= 4 is 27.3 Å². The highest BCUT2D eigenvalue weighted by atomic mass is 32.2. The SMILES string of the molecule is CC(=NNC(=O)c1ccc(CN(C)S(=O)(=O)c2ccc(C)cc2)cc1)c1ccc(N2CCOCC2)cc1. The van der Waals surface area contributed by atoms with Crippen LogP contribution in [0, 0.1) is 6.92 Å². The van der Waals surface area contributed by atoms with Crippen LogP contribution in [0.5, 0.6) is 0 Å². The maximum atomic E-state index is 12.8. The molecule has 8 nitrogen and oxygen atoms in total. The molecule has 0 unspecified atom stereocenters. The number of nitrogens with one attached hydrogen (secondary N) is 1. The minimum atomic E-state index is -3.61. The number of hydrazone groups is 1. The molecule has 0 aromatic heterocycles. The van der Waals surface area contributed by atoms with Gasteiger partial charge in [0.25, 0.3) is 5.91 Å². The Hall–Kier alpha value is -3.53. The third-order valence-corrected chi connectivity index (χ3v) is 8.15. The summed E-state index contributed by atoms with van der Waals surface area (Å²) in [6.07, 6.45) is 0. The normalized spacial score (nSPS) is 14.6. The predicted molar refractivity (Wildman–Crippen MR) is 145 cm³/mol. The van der Waals surface area contributed by atoms with Gasteiger partial charge in [0.05, 0.1) is 23.8 Å². The van der Waals surface area contributed by atoms with Gasteiger partial charge in [-0.1, -0.05) is 42.0 Å². The van der Waals surface area contributed by atoms with Gasteiger partial charge in [0, 0.05) is 37.9 Å². The van der Waals surface area contributed by atoms with Crippen LogP contribution in [-0.4, -0.2) is 57.7 Å². The molecule has 1 heterocycles. The summed E-state index contributed by atoms with van der Waals surface area (Å²) in [5.41, 5.74) is 7.57. The van der Waals surface area contributed by atoms with E-state index in [4.69, 9.17) is 4.74 Å². The van der Waals surface area contributed by atoms with Gasteiger partial charge in [0.1, 0.15) is 0 Å². The zero-order valence-electron chi connectivity index (χ0n) is 21.3. The number of amides is 1. The number of carbonyl (C=O) groups excluding carboxylic acids is 1. The fourth-order valence-electron chi connectivity index (χ4n) is 3.99. The number of anilines is 1. The van der Waals surface area contributed by atoms with Crippen molar-refractivity contribution in [2.45, 2.75) is 25.3 Å². The average molecular weight is 521 g/mol. The summed E-state index contributed by atoms with van der Waals surface area (Å²) in [5.74, 6) is -0.337. The Morgan fingerprint density at radius 3 is 2.16 bits per heavy atom. The molecular formula is C28H32N4O4S. The summed E-state index contributed by atoms with van der Waals surface area (Å²) < 4.78 is 32.4. The third-order valence-electron chi connectivity index (χ3n) is 6.34. The van der Waals surface area contributed by atoms with E-state index in [0.29, 0.717) is 11.3 Å². The van der Waals surface area contributed by atoms with Crippen LogP contribution >= 0.6 is 0 Å². The molecule has 0 bridgehead atoms. The highest BCUT2D eigenvalue weighted by Gasteiger charge is 2.21. The minimum Gasteiger partial charge on any atom is -0.378 e. The van der Waals surface area contributed by atoms with Gasteiger partial charge in [-0.25, -0.2) is 13.8 Å². The standard InChI is InChI=1S/C28H32N4O4S/c1-21-4-14-27(15-5-21)37(34,35)31(3)20-23-6-8-25(9-7-23)28(33)30-29-22(2)24-10-12-26(13-11-24)32-16-18-36-19-17-32/h4-15H,16-20H2,1-3H3,(H,30,33). The Morgan fingerprint density at radius 1 is 0.946 bits per heavy atom. The maximum Gasteiger partial charge on any atom is 0.271 e. The van der Waals surface area contributed by atoms with Crippen molar-refractivity contribution < 1.29 is 17.9 Å². The summed E-state index contributed by atoms with van der Waals surface area (Å²) in [7, 11) is -2.06. The quantitative estimate of drug-likeness (QED) is 0.360. The lowest BCUT2D eigenvalue weighted by molar-refractivity contribution is 0.0954. The second-order valence-electron chi connectivity index (χ2n) is 9.06. The van der Waals surface area contributed by atoms with Crippen molar-refractivity contribution in [1.29, 1.82) is 0 Å². The van der Waals surface area contributed by atoms with Crippen LogP contribution in [0.4, 0.5) is 5.69 Å². The molecule has 0 atom stereocenters. The van der Waals surface area contributed by atoms with Crippen LogP contribution in [0.25, 0.3) is 0 Å². The number of rotatable bonds is 8. The van der Waals surface area contributed by atoms with E-state index in [1.165, 1.54) is 4.31 Å². The minimum absolute atomic E-state index is 0.190. The van der Waals surface area contributed by atoms with Gasteiger partial charge >= 0.3 is 0 Å². The van der Waals surface area contributed by atoms with Gasteiger partial charge in [-0.2, -0.15) is 9.41 Å². The van der Waals surface area contributed by atoms with Crippen LogP contribution in [0.2, 0.25) is 0 Å². The monoisotopic (exact) mass is 520 g/mol. The molecule has 1 aliphatic heterocycles. The molecule has 1 aliphatic rings. The van der Waals surface area contributed by atoms with E-state index >= 15 is 0 Å². The zero-order chi connectivity index (χ0) is 26.4. The molecule has 1 amide bonds. The Kier molecular flexibility index (Phi) is 8.38. The number of nitrogens with zero attached hydrogens (tertiary/aromatic N) is 3. The van der Waals surface area contributed by atoms with E-state index in [1.807, 2.05) is 26.0 Å². The summed E-state index contributed by atoms with van der Waals surface area (Å²) >= 11 is 0. The molecular weight excluding hydrogens is 488 g/mol. The summed E-state index contributed by atoms with van der Waals surface area (Å²) in [6.45, 7) is 7.17. The first-order valence-corrected chi connectivity index (χ1v) is 13.6. The van der Waals surface area contributed by atoms with Gasteiger partial charge in [-0.05, 0) is 61.4 Å². The molecule has 4 rings (SSSR count). The van der Waals surface area contributed by atoms with Gasteiger partial charge < -0.3 is 9.64 Å². The molecule has 0 aliphatic carbocycles. The topological polar surface area (TPSA) is 91.3 Å². The van der Waals surface area contributed by atoms with Crippen LogP contribution in [0.1, 0.15) is 34.0 Å². The number of sulfonamides is 1. The molecule has 0 saturated carbocycles. The predicted octanol–water partition coefficient (Wildman–Crippen LogP) is 3.81. The van der Waals surface area contributed by atoms with Crippen molar-refractivity contribution in [1.82, 2.24) is 9.73 Å². The van der Waals surface area contributed by atoms with E-state index in [9.17, 15) is 13.2 Å². The number of carbonyl (C=O) groups is 1. The first kappa shape index (κ1) is 26.5. The lowest BCUT2D eigenvalue weighted by Gasteiger charge is -2.28. The van der Waals surface area contributed by atoms with E-state index in [-0.39, 0.29) is 17.3 Å². The van der Waals surface area contributed by atoms with Crippen molar-refractivity contribution in [2.24, 2.45) is 5.10 Å². The molecule has 1 saturated heterocycles. The number of morpholine rings is 1. The maximum absolute atomic E-state index is 12.8.